The largest absolute Gasteiger partial charge is 0.346 e. The molecule has 5 nitrogen and oxygen atoms in total. The molecule has 4 aromatic rings. The molecule has 0 unspecified atom stereocenters. The van der Waals surface area contributed by atoms with Gasteiger partial charge >= 0.3 is 0 Å². The van der Waals surface area contributed by atoms with Gasteiger partial charge in [0.1, 0.15) is 5.65 Å². The van der Waals surface area contributed by atoms with Gasteiger partial charge in [0.05, 0.1) is 16.8 Å². The third-order valence-corrected chi connectivity index (χ3v) is 6.28. The second-order valence-electron chi connectivity index (χ2n) is 6.94. The molecule has 0 amide bonds. The van der Waals surface area contributed by atoms with E-state index in [4.69, 9.17) is 0 Å². The lowest BCUT2D eigenvalue weighted by Crippen LogP contribution is -2.32. The topological polar surface area (TPSA) is 60.6 Å². The number of aromatic amines is 2. The van der Waals surface area contributed by atoms with Gasteiger partial charge in [0, 0.05) is 29.9 Å². The van der Waals surface area contributed by atoms with E-state index in [2.05, 4.69) is 54.8 Å². The van der Waals surface area contributed by atoms with Crippen LogP contribution in [0.3, 0.4) is 0 Å². The summed E-state index contributed by atoms with van der Waals surface area (Å²) in [7, 11) is 0. The summed E-state index contributed by atoms with van der Waals surface area (Å²) < 4.78 is 0. The highest BCUT2D eigenvalue weighted by atomic mass is 32.1. The van der Waals surface area contributed by atoms with Crippen molar-refractivity contribution in [2.75, 3.05) is 13.1 Å². The summed E-state index contributed by atoms with van der Waals surface area (Å²) in [5, 5.41) is 10.8. The van der Waals surface area contributed by atoms with Crippen LogP contribution in [0.25, 0.3) is 21.6 Å². The van der Waals surface area contributed by atoms with Crippen LogP contribution in [-0.2, 0) is 6.54 Å². The van der Waals surface area contributed by atoms with Crippen LogP contribution in [0.4, 0.5) is 0 Å². The van der Waals surface area contributed by atoms with Crippen LogP contribution in [0.5, 0.6) is 0 Å². The van der Waals surface area contributed by atoms with Gasteiger partial charge in [-0.05, 0) is 61.0 Å². The number of piperidine rings is 1. The molecule has 1 aliphatic heterocycles. The van der Waals surface area contributed by atoms with Crippen molar-refractivity contribution in [3.8, 4) is 10.6 Å². The molecule has 26 heavy (non-hydrogen) atoms. The molecule has 4 aromatic heterocycles. The Morgan fingerprint density at radius 2 is 2.12 bits per heavy atom. The second-order valence-corrected chi connectivity index (χ2v) is 7.89. The minimum Gasteiger partial charge on any atom is -0.346 e. The number of H-pyrrole nitrogens is 2. The molecule has 0 saturated carbocycles. The Kier molecular flexibility index (Phi) is 4.07. The van der Waals surface area contributed by atoms with Crippen molar-refractivity contribution >= 4 is 22.4 Å². The summed E-state index contributed by atoms with van der Waals surface area (Å²) >= 11 is 1.76. The van der Waals surface area contributed by atoms with Crippen LogP contribution in [0.1, 0.15) is 29.9 Å². The van der Waals surface area contributed by atoms with E-state index in [1.807, 2.05) is 18.5 Å². The summed E-state index contributed by atoms with van der Waals surface area (Å²) in [5.41, 5.74) is 4.89. The van der Waals surface area contributed by atoms with Gasteiger partial charge in [-0.15, -0.1) is 11.3 Å². The first-order valence-corrected chi connectivity index (χ1v) is 9.97. The fourth-order valence-corrected chi connectivity index (χ4v) is 4.78. The Morgan fingerprint density at radius 3 is 2.96 bits per heavy atom. The average Bonchev–Trinajstić information content (AvgIpc) is 3.43. The lowest BCUT2D eigenvalue weighted by Gasteiger charge is -2.31. The average molecular weight is 363 g/mol. The van der Waals surface area contributed by atoms with Crippen LogP contribution < -0.4 is 0 Å². The lowest BCUT2D eigenvalue weighted by atomic mass is 9.89. The van der Waals surface area contributed by atoms with Crippen molar-refractivity contribution in [2.24, 2.45) is 0 Å². The summed E-state index contributed by atoms with van der Waals surface area (Å²) in [6, 6.07) is 8.45. The number of rotatable bonds is 4. The number of pyridine rings is 1. The molecule has 5 rings (SSSR count). The van der Waals surface area contributed by atoms with Crippen LogP contribution in [-0.4, -0.2) is 38.2 Å². The minimum absolute atomic E-state index is 0.616. The monoisotopic (exact) mass is 363 g/mol. The van der Waals surface area contributed by atoms with Crippen molar-refractivity contribution < 1.29 is 0 Å². The van der Waals surface area contributed by atoms with E-state index in [1.165, 1.54) is 39.9 Å². The zero-order valence-electron chi connectivity index (χ0n) is 14.5. The van der Waals surface area contributed by atoms with Crippen LogP contribution in [0.15, 0.2) is 48.2 Å². The van der Waals surface area contributed by atoms with E-state index in [-0.39, 0.29) is 0 Å². The molecular weight excluding hydrogens is 342 g/mol. The highest BCUT2D eigenvalue weighted by Crippen LogP contribution is 2.33. The number of fused-ring (bicyclic) bond motifs is 1. The third-order valence-electron chi connectivity index (χ3n) is 5.39. The highest BCUT2D eigenvalue weighted by Gasteiger charge is 2.24. The summed E-state index contributed by atoms with van der Waals surface area (Å²) in [5.74, 6) is 0.616. The van der Waals surface area contributed by atoms with Gasteiger partial charge in [0.2, 0.25) is 0 Å². The number of likely N-dealkylation sites (tertiary alicyclic amines) is 1. The SMILES string of the molecule is c1csc(-c2[nH]ncc2CN2CCC(c3c[nH]c4ncccc34)CC2)c1. The number of aromatic nitrogens is 4. The van der Waals surface area contributed by atoms with Gasteiger partial charge in [-0.2, -0.15) is 5.10 Å². The molecular formula is C20H21N5S. The molecule has 0 bridgehead atoms. The number of hydrogen-bond donors (Lipinski definition) is 2. The van der Waals surface area contributed by atoms with Gasteiger partial charge in [-0.25, -0.2) is 4.98 Å². The fraction of sp³-hybridized carbons (Fsp3) is 0.300. The van der Waals surface area contributed by atoms with E-state index in [0.29, 0.717) is 5.92 Å². The van der Waals surface area contributed by atoms with Crippen molar-refractivity contribution in [3.05, 3.63) is 59.4 Å². The number of hydrogen-bond acceptors (Lipinski definition) is 4. The molecule has 5 heterocycles. The molecule has 0 aliphatic carbocycles. The van der Waals surface area contributed by atoms with Crippen LogP contribution in [0, 0.1) is 0 Å². The zero-order chi connectivity index (χ0) is 17.3. The zero-order valence-corrected chi connectivity index (χ0v) is 15.3. The molecule has 1 saturated heterocycles. The Bertz CT molecular complexity index is 992. The van der Waals surface area contributed by atoms with E-state index in [0.717, 1.165) is 25.3 Å². The Morgan fingerprint density at radius 1 is 1.19 bits per heavy atom. The van der Waals surface area contributed by atoms with Crippen LogP contribution >= 0.6 is 11.3 Å². The maximum atomic E-state index is 4.42. The first-order valence-electron chi connectivity index (χ1n) is 9.09. The van der Waals surface area contributed by atoms with E-state index in [1.54, 1.807) is 11.3 Å². The third kappa shape index (κ3) is 2.85. The van der Waals surface area contributed by atoms with Crippen molar-refractivity contribution in [1.82, 2.24) is 25.1 Å². The smallest absolute Gasteiger partial charge is 0.137 e. The Hall–Kier alpha value is -2.44. The van der Waals surface area contributed by atoms with E-state index in [9.17, 15) is 0 Å². The quantitative estimate of drug-likeness (QED) is 0.565. The number of thiophene rings is 1. The lowest BCUT2D eigenvalue weighted by molar-refractivity contribution is 0.205. The van der Waals surface area contributed by atoms with Crippen molar-refractivity contribution in [3.63, 3.8) is 0 Å². The molecule has 6 heteroatoms. The van der Waals surface area contributed by atoms with E-state index >= 15 is 0 Å². The molecule has 0 aromatic carbocycles. The Balaban J connectivity index is 1.28. The first kappa shape index (κ1) is 15.8. The van der Waals surface area contributed by atoms with Crippen molar-refractivity contribution in [1.29, 1.82) is 0 Å². The maximum absolute atomic E-state index is 4.42. The normalized spacial score (nSPS) is 16.5. The van der Waals surface area contributed by atoms with Crippen molar-refractivity contribution in [2.45, 2.75) is 25.3 Å². The van der Waals surface area contributed by atoms with Gasteiger partial charge in [0.25, 0.3) is 0 Å². The predicted molar refractivity (Wildman–Crippen MR) is 105 cm³/mol. The molecule has 0 atom stereocenters. The van der Waals surface area contributed by atoms with Gasteiger partial charge < -0.3 is 4.98 Å². The summed E-state index contributed by atoms with van der Waals surface area (Å²) in [4.78, 5) is 11.6. The maximum Gasteiger partial charge on any atom is 0.137 e. The van der Waals surface area contributed by atoms with Gasteiger partial charge in [-0.1, -0.05) is 6.07 Å². The first-order chi connectivity index (χ1) is 12.9. The van der Waals surface area contributed by atoms with Gasteiger partial charge in [0.15, 0.2) is 0 Å². The molecule has 2 N–H and O–H groups in total. The molecule has 1 aliphatic rings. The predicted octanol–water partition coefficient (Wildman–Crippen LogP) is 4.39. The standard InChI is InChI=1S/C20H21N5S/c1-3-16-17(12-22-20(16)21-7-1)14-5-8-25(9-6-14)13-15-11-23-24-19(15)18-4-2-10-26-18/h1-4,7,10-12,14H,5-6,8-9,13H2,(H,21,22)(H,23,24). The second kappa shape index (κ2) is 6.70. The molecule has 1 fully saturated rings. The van der Waals surface area contributed by atoms with Gasteiger partial charge in [-0.3, -0.25) is 10.00 Å². The number of nitrogens with zero attached hydrogens (tertiary/aromatic N) is 3. The molecule has 0 radical (unpaired) electrons. The Labute approximate surface area is 156 Å². The molecule has 132 valence electrons. The summed E-state index contributed by atoms with van der Waals surface area (Å²) in [6.45, 7) is 3.20. The molecule has 0 spiro atoms. The van der Waals surface area contributed by atoms with Crippen LogP contribution in [0.2, 0.25) is 0 Å². The number of nitrogens with one attached hydrogen (secondary N) is 2. The summed E-state index contributed by atoms with van der Waals surface area (Å²) in [6.07, 6.45) is 8.36. The minimum atomic E-state index is 0.616. The highest BCUT2D eigenvalue weighted by molar-refractivity contribution is 7.13. The fourth-order valence-electron chi connectivity index (χ4n) is 4.02. The van der Waals surface area contributed by atoms with E-state index < -0.39 is 0 Å².